The van der Waals surface area contributed by atoms with Crippen LogP contribution >= 0.6 is 11.6 Å². The maximum absolute atomic E-state index is 12.8. The topological polar surface area (TPSA) is 83.5 Å². The first-order valence-corrected chi connectivity index (χ1v) is 11.8. The van der Waals surface area contributed by atoms with Crippen molar-refractivity contribution in [2.45, 2.75) is 55.8 Å². The maximum Gasteiger partial charge on any atom is 0.315 e. The Bertz CT molecular complexity index is 988. The summed E-state index contributed by atoms with van der Waals surface area (Å²) < 4.78 is 28.1. The Morgan fingerprint density at radius 2 is 1.83 bits per heavy atom. The summed E-state index contributed by atoms with van der Waals surface area (Å²) >= 11 is 5.84. The Hall–Kier alpha value is -1.89. The first-order chi connectivity index (χ1) is 13.8. The molecule has 0 heterocycles. The summed E-state index contributed by atoms with van der Waals surface area (Å²) in [5, 5.41) is 10.6. The molecule has 1 aliphatic carbocycles. The Morgan fingerprint density at radius 1 is 1.14 bits per heavy atom. The molecule has 0 saturated carbocycles. The molecule has 156 valence electrons. The first-order valence-electron chi connectivity index (χ1n) is 9.89. The minimum atomic E-state index is -3.86. The summed E-state index contributed by atoms with van der Waals surface area (Å²) in [7, 11) is -3.86. The average molecular weight is 436 g/mol. The predicted octanol–water partition coefficient (Wildman–Crippen LogP) is 4.32. The van der Waals surface area contributed by atoms with Crippen molar-refractivity contribution in [1.82, 2.24) is 4.72 Å². The fourth-order valence-corrected chi connectivity index (χ4v) is 5.13. The van der Waals surface area contributed by atoms with Crippen LogP contribution in [0.5, 0.6) is 0 Å². The van der Waals surface area contributed by atoms with E-state index >= 15 is 0 Å². The molecule has 2 aromatic rings. The Morgan fingerprint density at radius 3 is 2.48 bits per heavy atom. The van der Waals surface area contributed by atoms with Crippen LogP contribution in [-0.4, -0.2) is 26.0 Å². The molecule has 7 heteroatoms. The van der Waals surface area contributed by atoms with Crippen LogP contribution in [-0.2, 0) is 33.1 Å². The van der Waals surface area contributed by atoms with Crippen LogP contribution in [0.15, 0.2) is 47.4 Å². The highest BCUT2D eigenvalue weighted by molar-refractivity contribution is 7.89. The highest BCUT2D eigenvalue weighted by Crippen LogP contribution is 2.34. The molecular weight excluding hydrogens is 410 g/mol. The lowest BCUT2D eigenvalue weighted by Crippen LogP contribution is -2.46. The predicted molar refractivity (Wildman–Crippen MR) is 114 cm³/mol. The van der Waals surface area contributed by atoms with Crippen molar-refractivity contribution in [3.63, 3.8) is 0 Å². The second kappa shape index (κ2) is 8.86. The van der Waals surface area contributed by atoms with E-state index in [-0.39, 0.29) is 11.4 Å². The quantitative estimate of drug-likeness (QED) is 0.614. The molecule has 1 unspecified atom stereocenters. The fourth-order valence-electron chi connectivity index (χ4n) is 3.90. The molecule has 2 aromatic carbocycles. The number of carboxylic acid groups (broad SMARTS) is 1. The van der Waals surface area contributed by atoms with Crippen LogP contribution in [0.4, 0.5) is 0 Å². The minimum absolute atomic E-state index is 0.0608. The number of nitrogens with one attached hydrogen (secondary N) is 1. The van der Waals surface area contributed by atoms with Crippen LogP contribution in [0.2, 0.25) is 5.02 Å². The summed E-state index contributed by atoms with van der Waals surface area (Å²) in [4.78, 5) is 12.5. The van der Waals surface area contributed by atoms with Crippen LogP contribution in [0.25, 0.3) is 0 Å². The summed E-state index contributed by atoms with van der Waals surface area (Å²) in [6.45, 7) is 1.79. The summed E-state index contributed by atoms with van der Waals surface area (Å²) in [5.74, 6) is -1.01. The molecule has 2 N–H and O–H groups in total. The fraction of sp³-hybridized carbons (Fsp3) is 0.409. The van der Waals surface area contributed by atoms with Gasteiger partial charge < -0.3 is 5.11 Å². The average Bonchev–Trinajstić information content (AvgIpc) is 3.16. The van der Waals surface area contributed by atoms with Crippen LogP contribution in [0.3, 0.4) is 0 Å². The molecule has 0 aromatic heterocycles. The van der Waals surface area contributed by atoms with E-state index in [1.807, 2.05) is 25.1 Å². The lowest BCUT2D eigenvalue weighted by molar-refractivity contribution is -0.144. The largest absolute Gasteiger partial charge is 0.481 e. The third kappa shape index (κ3) is 4.65. The first kappa shape index (κ1) is 21.8. The summed E-state index contributed by atoms with van der Waals surface area (Å²) in [6.07, 6.45) is 4.88. The number of carbonyl (C=O) groups is 1. The number of carboxylic acids is 1. The molecule has 3 rings (SSSR count). The van der Waals surface area contributed by atoms with Crippen molar-refractivity contribution in [2.24, 2.45) is 0 Å². The molecule has 0 fully saturated rings. The number of benzene rings is 2. The normalized spacial score (nSPS) is 15.7. The van der Waals surface area contributed by atoms with Gasteiger partial charge in [0.15, 0.2) is 0 Å². The number of sulfonamides is 1. The van der Waals surface area contributed by atoms with E-state index in [1.165, 1.54) is 35.4 Å². The zero-order chi connectivity index (χ0) is 21.1. The van der Waals surface area contributed by atoms with Gasteiger partial charge in [-0.1, -0.05) is 49.6 Å². The minimum Gasteiger partial charge on any atom is -0.481 e. The lowest BCUT2D eigenvalue weighted by atomic mass is 9.75. The number of aliphatic carboxylic acids is 1. The third-order valence-corrected chi connectivity index (χ3v) is 7.37. The van der Waals surface area contributed by atoms with Crippen LogP contribution < -0.4 is 4.72 Å². The number of rotatable bonds is 9. The van der Waals surface area contributed by atoms with Crippen molar-refractivity contribution in [3.05, 3.63) is 64.2 Å². The maximum atomic E-state index is 12.8. The number of hydrogen-bond donors (Lipinski definition) is 2. The van der Waals surface area contributed by atoms with E-state index in [4.69, 9.17) is 11.6 Å². The lowest BCUT2D eigenvalue weighted by Gasteiger charge is -2.31. The Kier molecular flexibility index (Phi) is 6.66. The molecule has 0 spiro atoms. The summed E-state index contributed by atoms with van der Waals surface area (Å²) in [5.41, 5.74) is 1.78. The van der Waals surface area contributed by atoms with Crippen molar-refractivity contribution in [2.75, 3.05) is 6.54 Å². The zero-order valence-corrected chi connectivity index (χ0v) is 18.0. The van der Waals surface area contributed by atoms with Gasteiger partial charge in [0.25, 0.3) is 0 Å². The third-order valence-electron chi connectivity index (χ3n) is 5.71. The van der Waals surface area contributed by atoms with E-state index in [0.717, 1.165) is 25.7 Å². The standard InChI is InChI=1S/C22H26ClNO4S/c1-2-3-13-22(21(25)26,18-8-7-16-5-4-6-17(16)14-18)15-24-29(27,28)20-11-9-19(23)10-12-20/h7-12,14,24H,2-6,13,15H2,1H3,(H,25,26). The van der Waals surface area contributed by atoms with Gasteiger partial charge in [-0.05, 0) is 66.6 Å². The van der Waals surface area contributed by atoms with Crippen LogP contribution in [0.1, 0.15) is 49.3 Å². The molecule has 1 atom stereocenters. The smallest absolute Gasteiger partial charge is 0.315 e. The SMILES string of the molecule is CCCCC(CNS(=O)(=O)c1ccc(Cl)cc1)(C(=O)O)c1ccc2c(c1)CCC2. The number of hydrogen-bond acceptors (Lipinski definition) is 3. The van der Waals surface area contributed by atoms with Gasteiger partial charge in [-0.25, -0.2) is 13.1 Å². The van der Waals surface area contributed by atoms with Gasteiger partial charge in [-0.3, -0.25) is 4.79 Å². The van der Waals surface area contributed by atoms with Gasteiger partial charge >= 0.3 is 5.97 Å². The van der Waals surface area contributed by atoms with E-state index in [2.05, 4.69) is 4.72 Å². The van der Waals surface area contributed by atoms with Gasteiger partial charge in [-0.2, -0.15) is 0 Å². The molecule has 5 nitrogen and oxygen atoms in total. The van der Waals surface area contributed by atoms with E-state index in [1.54, 1.807) is 0 Å². The van der Waals surface area contributed by atoms with Gasteiger partial charge in [0.1, 0.15) is 5.41 Å². The number of halogens is 1. The van der Waals surface area contributed by atoms with E-state index < -0.39 is 21.4 Å². The highest BCUT2D eigenvalue weighted by Gasteiger charge is 2.41. The molecular formula is C22H26ClNO4S. The number of unbranched alkanes of at least 4 members (excludes halogenated alkanes) is 1. The monoisotopic (exact) mass is 435 g/mol. The molecule has 1 aliphatic rings. The summed E-state index contributed by atoms with van der Waals surface area (Å²) in [6, 6.07) is 11.6. The second-order valence-corrected chi connectivity index (χ2v) is 9.81. The van der Waals surface area contributed by atoms with Crippen molar-refractivity contribution >= 4 is 27.6 Å². The van der Waals surface area contributed by atoms with E-state index in [9.17, 15) is 18.3 Å². The number of aryl methyl sites for hydroxylation is 2. The van der Waals surface area contributed by atoms with Gasteiger partial charge in [0.05, 0.1) is 4.90 Å². The highest BCUT2D eigenvalue weighted by atomic mass is 35.5. The van der Waals surface area contributed by atoms with Crippen molar-refractivity contribution in [1.29, 1.82) is 0 Å². The van der Waals surface area contributed by atoms with Crippen molar-refractivity contribution < 1.29 is 18.3 Å². The van der Waals surface area contributed by atoms with Gasteiger partial charge in [0.2, 0.25) is 10.0 Å². The second-order valence-electron chi connectivity index (χ2n) is 7.61. The zero-order valence-electron chi connectivity index (χ0n) is 16.4. The molecule has 0 radical (unpaired) electrons. The van der Waals surface area contributed by atoms with Gasteiger partial charge in [0, 0.05) is 11.6 Å². The van der Waals surface area contributed by atoms with E-state index in [0.29, 0.717) is 23.4 Å². The number of fused-ring (bicyclic) bond motifs is 1. The molecule has 0 bridgehead atoms. The molecule has 0 saturated heterocycles. The van der Waals surface area contributed by atoms with Crippen molar-refractivity contribution in [3.8, 4) is 0 Å². The molecule has 0 aliphatic heterocycles. The molecule has 29 heavy (non-hydrogen) atoms. The van der Waals surface area contributed by atoms with Gasteiger partial charge in [-0.15, -0.1) is 0 Å². The Labute approximate surface area is 177 Å². The van der Waals surface area contributed by atoms with Crippen LogP contribution in [0, 0.1) is 0 Å². The molecule has 0 amide bonds. The Balaban J connectivity index is 1.95.